The molecule has 0 atom stereocenters. The van der Waals surface area contributed by atoms with Crippen molar-refractivity contribution in [1.29, 1.82) is 0 Å². The predicted molar refractivity (Wildman–Crippen MR) is 87.3 cm³/mol. The molecular weight excluding hydrogens is 260 g/mol. The number of benzene rings is 2. The van der Waals surface area contributed by atoms with Crippen LogP contribution in [-0.4, -0.2) is 0 Å². The van der Waals surface area contributed by atoms with Gasteiger partial charge in [0.2, 0.25) is 0 Å². The molecule has 0 saturated heterocycles. The summed E-state index contributed by atoms with van der Waals surface area (Å²) >= 11 is 0. The Bertz CT molecular complexity index is 871. The first-order chi connectivity index (χ1) is 10.1. The monoisotopic (exact) mass is 276 g/mol. The van der Waals surface area contributed by atoms with E-state index in [9.17, 15) is 4.79 Å². The van der Waals surface area contributed by atoms with Crippen LogP contribution in [0.3, 0.4) is 0 Å². The maximum atomic E-state index is 11.8. The lowest BCUT2D eigenvalue weighted by Crippen LogP contribution is -2.05. The Morgan fingerprint density at radius 1 is 0.857 bits per heavy atom. The smallest absolute Gasteiger partial charge is 0.339 e. The molecule has 2 nitrogen and oxygen atoms in total. The highest BCUT2D eigenvalue weighted by atomic mass is 16.4. The number of aryl methyl sites for hydroxylation is 1. The summed E-state index contributed by atoms with van der Waals surface area (Å²) in [5.41, 5.74) is 4.19. The van der Waals surface area contributed by atoms with Crippen LogP contribution in [0.1, 0.15) is 22.3 Å². The molecule has 0 fully saturated rings. The van der Waals surface area contributed by atoms with Gasteiger partial charge in [-0.15, -0.1) is 0 Å². The van der Waals surface area contributed by atoms with E-state index in [4.69, 9.17) is 4.42 Å². The molecule has 1 aromatic heterocycles. The van der Waals surface area contributed by atoms with Gasteiger partial charge in [-0.2, -0.15) is 0 Å². The first kappa shape index (κ1) is 13.4. The zero-order valence-electron chi connectivity index (χ0n) is 12.1. The summed E-state index contributed by atoms with van der Waals surface area (Å²) in [5.74, 6) is 0. The van der Waals surface area contributed by atoms with Crippen molar-refractivity contribution < 1.29 is 4.42 Å². The van der Waals surface area contributed by atoms with E-state index in [1.807, 2.05) is 67.6 Å². The van der Waals surface area contributed by atoms with Gasteiger partial charge in [-0.05, 0) is 36.6 Å². The average molecular weight is 276 g/mol. The predicted octanol–water partition coefficient (Wildman–Crippen LogP) is 4.58. The first-order valence-corrected chi connectivity index (χ1v) is 6.92. The van der Waals surface area contributed by atoms with Crippen LogP contribution < -0.4 is 5.63 Å². The molecule has 3 aromatic rings. The van der Waals surface area contributed by atoms with Crippen LogP contribution in [-0.2, 0) is 0 Å². The highest BCUT2D eigenvalue weighted by molar-refractivity contribution is 5.84. The van der Waals surface area contributed by atoms with E-state index in [1.54, 1.807) is 6.92 Å². The molecule has 0 spiro atoms. The molecule has 104 valence electrons. The Balaban J connectivity index is 2.04. The minimum absolute atomic E-state index is 0.260. The number of rotatable bonds is 2. The van der Waals surface area contributed by atoms with Gasteiger partial charge >= 0.3 is 5.63 Å². The van der Waals surface area contributed by atoms with Crippen LogP contribution in [0.15, 0.2) is 57.7 Å². The van der Waals surface area contributed by atoms with Crippen LogP contribution in [0.25, 0.3) is 23.1 Å². The van der Waals surface area contributed by atoms with E-state index in [0.29, 0.717) is 11.1 Å². The third kappa shape index (κ3) is 2.65. The summed E-state index contributed by atoms with van der Waals surface area (Å²) in [7, 11) is 0. The van der Waals surface area contributed by atoms with Gasteiger partial charge in [-0.25, -0.2) is 4.79 Å². The molecule has 0 aliphatic heterocycles. The molecule has 3 rings (SSSR count). The van der Waals surface area contributed by atoms with Gasteiger partial charge in [0, 0.05) is 10.9 Å². The summed E-state index contributed by atoms with van der Waals surface area (Å²) < 4.78 is 5.38. The lowest BCUT2D eigenvalue weighted by molar-refractivity contribution is 0.553. The Labute approximate surface area is 123 Å². The van der Waals surface area contributed by atoms with Crippen molar-refractivity contribution >= 4 is 23.1 Å². The summed E-state index contributed by atoms with van der Waals surface area (Å²) in [5, 5.41) is 0.990. The number of hydrogen-bond donors (Lipinski definition) is 0. The Morgan fingerprint density at radius 2 is 1.57 bits per heavy atom. The highest BCUT2D eigenvalue weighted by Gasteiger charge is 2.07. The van der Waals surface area contributed by atoms with E-state index < -0.39 is 0 Å². The molecule has 0 amide bonds. The molecule has 2 aromatic carbocycles. The molecule has 0 unspecified atom stereocenters. The fourth-order valence-electron chi connectivity index (χ4n) is 2.32. The molecular formula is C19H16O2. The van der Waals surface area contributed by atoms with Crippen LogP contribution in [0.4, 0.5) is 0 Å². The average Bonchev–Trinajstić information content (AvgIpc) is 2.51. The van der Waals surface area contributed by atoms with Gasteiger partial charge in [0.25, 0.3) is 0 Å². The van der Waals surface area contributed by atoms with Crippen molar-refractivity contribution in [2.45, 2.75) is 13.8 Å². The minimum atomic E-state index is -0.260. The normalized spacial score (nSPS) is 11.3. The van der Waals surface area contributed by atoms with Crippen molar-refractivity contribution in [2.24, 2.45) is 0 Å². The van der Waals surface area contributed by atoms with Crippen LogP contribution in [0.2, 0.25) is 0 Å². The SMILES string of the molecule is Cc1c(C)c2ccc(/C=C/c3ccccc3)cc2oc1=O. The van der Waals surface area contributed by atoms with E-state index in [0.717, 1.165) is 22.1 Å². The highest BCUT2D eigenvalue weighted by Crippen LogP contribution is 2.21. The van der Waals surface area contributed by atoms with E-state index in [2.05, 4.69) is 0 Å². The standard InChI is InChI=1S/C19H16O2/c1-13-14(2)19(20)21-18-12-16(10-11-17(13)18)9-8-15-6-4-3-5-7-15/h3-12H,1-2H3/b9-8+. The second-order valence-corrected chi connectivity index (χ2v) is 5.14. The number of fused-ring (bicyclic) bond motifs is 1. The van der Waals surface area contributed by atoms with Crippen molar-refractivity contribution in [3.63, 3.8) is 0 Å². The first-order valence-electron chi connectivity index (χ1n) is 6.92. The van der Waals surface area contributed by atoms with E-state index >= 15 is 0 Å². The Hall–Kier alpha value is -2.61. The zero-order valence-corrected chi connectivity index (χ0v) is 12.1. The molecule has 0 N–H and O–H groups in total. The lowest BCUT2D eigenvalue weighted by atomic mass is 10.0. The van der Waals surface area contributed by atoms with Gasteiger partial charge < -0.3 is 4.42 Å². The van der Waals surface area contributed by atoms with Crippen molar-refractivity contribution in [3.8, 4) is 0 Å². The third-order valence-electron chi connectivity index (χ3n) is 3.75. The lowest BCUT2D eigenvalue weighted by Gasteiger charge is -2.04. The molecule has 0 bridgehead atoms. The zero-order chi connectivity index (χ0) is 14.8. The van der Waals surface area contributed by atoms with Gasteiger partial charge in [-0.1, -0.05) is 54.6 Å². The Kier molecular flexibility index (Phi) is 3.44. The van der Waals surface area contributed by atoms with Gasteiger partial charge in [0.1, 0.15) is 5.58 Å². The maximum absolute atomic E-state index is 11.8. The molecule has 1 heterocycles. The van der Waals surface area contributed by atoms with Crippen LogP contribution in [0, 0.1) is 13.8 Å². The summed E-state index contributed by atoms with van der Waals surface area (Å²) in [6, 6.07) is 16.0. The van der Waals surface area contributed by atoms with Gasteiger partial charge in [0.05, 0.1) is 0 Å². The maximum Gasteiger partial charge on any atom is 0.339 e. The second kappa shape index (κ2) is 5.41. The fourth-order valence-corrected chi connectivity index (χ4v) is 2.32. The minimum Gasteiger partial charge on any atom is -0.422 e. The largest absolute Gasteiger partial charge is 0.422 e. The van der Waals surface area contributed by atoms with Gasteiger partial charge in [0.15, 0.2) is 0 Å². The molecule has 2 heteroatoms. The Morgan fingerprint density at radius 3 is 2.33 bits per heavy atom. The van der Waals surface area contributed by atoms with Gasteiger partial charge in [-0.3, -0.25) is 0 Å². The third-order valence-corrected chi connectivity index (χ3v) is 3.75. The molecule has 0 saturated carbocycles. The second-order valence-electron chi connectivity index (χ2n) is 5.14. The fraction of sp³-hybridized carbons (Fsp3) is 0.105. The summed E-state index contributed by atoms with van der Waals surface area (Å²) in [6.07, 6.45) is 4.06. The van der Waals surface area contributed by atoms with Crippen molar-refractivity contribution in [2.75, 3.05) is 0 Å². The molecule has 0 aliphatic carbocycles. The molecule has 0 radical (unpaired) electrons. The topological polar surface area (TPSA) is 30.2 Å². The summed E-state index contributed by atoms with van der Waals surface area (Å²) in [4.78, 5) is 11.8. The quantitative estimate of drug-likeness (QED) is 0.506. The van der Waals surface area contributed by atoms with Crippen molar-refractivity contribution in [1.82, 2.24) is 0 Å². The van der Waals surface area contributed by atoms with Crippen molar-refractivity contribution in [3.05, 3.63) is 81.2 Å². The van der Waals surface area contributed by atoms with E-state index in [-0.39, 0.29) is 5.63 Å². The number of hydrogen-bond acceptors (Lipinski definition) is 2. The van der Waals surface area contributed by atoms with E-state index in [1.165, 1.54) is 0 Å². The summed E-state index contributed by atoms with van der Waals surface area (Å²) in [6.45, 7) is 3.75. The molecule has 21 heavy (non-hydrogen) atoms. The molecule has 0 aliphatic rings. The van der Waals surface area contributed by atoms with Crippen LogP contribution in [0.5, 0.6) is 0 Å². The van der Waals surface area contributed by atoms with Crippen LogP contribution >= 0.6 is 0 Å².